The maximum Gasteiger partial charge on any atom is 0.265 e. The average Bonchev–Trinajstić information content (AvgIpc) is 2.73. The van der Waals surface area contributed by atoms with Crippen LogP contribution in [0.15, 0.2) is 83.8 Å². The lowest BCUT2D eigenvalue weighted by Crippen LogP contribution is -2.32. The van der Waals surface area contributed by atoms with Crippen molar-refractivity contribution in [2.24, 2.45) is 0 Å². The highest BCUT2D eigenvalue weighted by Gasteiger charge is 2.19. The molecule has 3 rings (SSSR count). The Bertz CT molecular complexity index is 1100. The SMILES string of the molecule is CC[C@H](Oc1cccc(C)c1)C(=O)Nc1ccc(S(=O)(=O)Nc2ccccc2)cc1. The number of hydrogen-bond acceptors (Lipinski definition) is 4. The second kappa shape index (κ2) is 9.45. The van der Waals surface area contributed by atoms with Gasteiger partial charge in [-0.1, -0.05) is 37.3 Å². The molecular weight excluding hydrogens is 400 g/mol. The minimum Gasteiger partial charge on any atom is -0.481 e. The van der Waals surface area contributed by atoms with E-state index in [1.807, 2.05) is 44.2 Å². The third-order valence-electron chi connectivity index (χ3n) is 4.39. The summed E-state index contributed by atoms with van der Waals surface area (Å²) in [7, 11) is -3.71. The van der Waals surface area contributed by atoms with Gasteiger partial charge in [0.05, 0.1) is 4.90 Å². The minimum atomic E-state index is -3.71. The molecule has 0 fully saturated rings. The Labute approximate surface area is 177 Å². The third-order valence-corrected chi connectivity index (χ3v) is 5.79. The van der Waals surface area contributed by atoms with Gasteiger partial charge in [0.1, 0.15) is 5.75 Å². The molecule has 3 aromatic rings. The van der Waals surface area contributed by atoms with Crippen LogP contribution in [0.1, 0.15) is 18.9 Å². The molecule has 0 saturated carbocycles. The molecule has 0 heterocycles. The first kappa shape index (κ1) is 21.4. The van der Waals surface area contributed by atoms with Crippen LogP contribution in [0.2, 0.25) is 0 Å². The van der Waals surface area contributed by atoms with Crippen LogP contribution in [0.4, 0.5) is 11.4 Å². The summed E-state index contributed by atoms with van der Waals surface area (Å²) in [6, 6.07) is 22.2. The Balaban J connectivity index is 1.66. The van der Waals surface area contributed by atoms with Gasteiger partial charge in [0.2, 0.25) is 0 Å². The highest BCUT2D eigenvalue weighted by Crippen LogP contribution is 2.20. The Morgan fingerprint density at radius 1 is 0.933 bits per heavy atom. The van der Waals surface area contributed by atoms with Crippen LogP contribution >= 0.6 is 0 Å². The van der Waals surface area contributed by atoms with E-state index in [0.29, 0.717) is 23.5 Å². The summed E-state index contributed by atoms with van der Waals surface area (Å²) in [4.78, 5) is 12.7. The fraction of sp³-hybridized carbons (Fsp3) is 0.174. The number of anilines is 2. The van der Waals surface area contributed by atoms with Crippen molar-refractivity contribution in [2.45, 2.75) is 31.3 Å². The van der Waals surface area contributed by atoms with E-state index in [1.54, 1.807) is 36.4 Å². The van der Waals surface area contributed by atoms with E-state index in [4.69, 9.17) is 4.74 Å². The van der Waals surface area contributed by atoms with E-state index < -0.39 is 16.1 Å². The number of rotatable bonds is 8. The molecule has 0 aliphatic heterocycles. The summed E-state index contributed by atoms with van der Waals surface area (Å²) in [5.74, 6) is 0.336. The molecule has 0 unspecified atom stereocenters. The number of sulfonamides is 1. The Morgan fingerprint density at radius 2 is 1.63 bits per heavy atom. The van der Waals surface area contributed by atoms with Gasteiger partial charge in [0, 0.05) is 11.4 Å². The molecule has 0 radical (unpaired) electrons. The molecule has 0 aliphatic carbocycles. The number of benzene rings is 3. The van der Waals surface area contributed by atoms with Crippen molar-refractivity contribution < 1.29 is 17.9 Å². The summed E-state index contributed by atoms with van der Waals surface area (Å²) in [5.41, 5.74) is 2.02. The first-order valence-electron chi connectivity index (χ1n) is 9.59. The lowest BCUT2D eigenvalue weighted by molar-refractivity contribution is -0.122. The topological polar surface area (TPSA) is 84.5 Å². The molecule has 156 valence electrons. The van der Waals surface area contributed by atoms with Gasteiger partial charge in [-0.2, -0.15) is 0 Å². The van der Waals surface area contributed by atoms with E-state index in [-0.39, 0.29) is 10.8 Å². The quantitative estimate of drug-likeness (QED) is 0.554. The van der Waals surface area contributed by atoms with Crippen LogP contribution in [-0.4, -0.2) is 20.4 Å². The number of ether oxygens (including phenoxy) is 1. The number of para-hydroxylation sites is 1. The second-order valence-corrected chi connectivity index (χ2v) is 8.50. The van der Waals surface area contributed by atoms with Gasteiger partial charge in [-0.25, -0.2) is 8.42 Å². The predicted molar refractivity (Wildman–Crippen MR) is 118 cm³/mol. The van der Waals surface area contributed by atoms with Crippen molar-refractivity contribution in [1.29, 1.82) is 0 Å². The van der Waals surface area contributed by atoms with Gasteiger partial charge in [0.25, 0.3) is 15.9 Å². The van der Waals surface area contributed by atoms with Crippen molar-refractivity contribution in [3.8, 4) is 5.75 Å². The molecule has 0 aromatic heterocycles. The van der Waals surface area contributed by atoms with Crippen LogP contribution < -0.4 is 14.8 Å². The molecule has 7 heteroatoms. The van der Waals surface area contributed by atoms with E-state index in [1.165, 1.54) is 12.1 Å². The van der Waals surface area contributed by atoms with Gasteiger partial charge >= 0.3 is 0 Å². The van der Waals surface area contributed by atoms with Gasteiger partial charge in [-0.15, -0.1) is 0 Å². The standard InChI is InChI=1S/C23H24N2O4S/c1-3-22(29-20-11-7-8-17(2)16-20)23(26)24-18-12-14-21(15-13-18)30(27,28)25-19-9-5-4-6-10-19/h4-16,22,25H,3H2,1-2H3,(H,24,26)/t22-/m0/s1. The fourth-order valence-corrected chi connectivity index (χ4v) is 3.89. The number of amides is 1. The van der Waals surface area contributed by atoms with Crippen LogP contribution in [-0.2, 0) is 14.8 Å². The molecule has 1 atom stereocenters. The maximum atomic E-state index is 12.6. The van der Waals surface area contributed by atoms with Crippen molar-refractivity contribution in [1.82, 2.24) is 0 Å². The van der Waals surface area contributed by atoms with Gasteiger partial charge in [0.15, 0.2) is 6.10 Å². The van der Waals surface area contributed by atoms with Crippen molar-refractivity contribution in [3.63, 3.8) is 0 Å². The highest BCUT2D eigenvalue weighted by molar-refractivity contribution is 7.92. The minimum absolute atomic E-state index is 0.104. The van der Waals surface area contributed by atoms with Crippen molar-refractivity contribution >= 4 is 27.3 Å². The van der Waals surface area contributed by atoms with Crippen LogP contribution in [0.25, 0.3) is 0 Å². The van der Waals surface area contributed by atoms with E-state index in [2.05, 4.69) is 10.0 Å². The van der Waals surface area contributed by atoms with Crippen LogP contribution in [0.3, 0.4) is 0 Å². The molecular formula is C23H24N2O4S. The Morgan fingerprint density at radius 3 is 2.27 bits per heavy atom. The number of hydrogen-bond donors (Lipinski definition) is 2. The fourth-order valence-electron chi connectivity index (χ4n) is 2.84. The molecule has 2 N–H and O–H groups in total. The lowest BCUT2D eigenvalue weighted by atomic mass is 10.2. The third kappa shape index (κ3) is 5.61. The first-order valence-corrected chi connectivity index (χ1v) is 11.1. The smallest absolute Gasteiger partial charge is 0.265 e. The van der Waals surface area contributed by atoms with Crippen molar-refractivity contribution in [2.75, 3.05) is 10.0 Å². The summed E-state index contributed by atoms with van der Waals surface area (Å²) < 4.78 is 33.3. The molecule has 3 aromatic carbocycles. The monoisotopic (exact) mass is 424 g/mol. The highest BCUT2D eigenvalue weighted by atomic mass is 32.2. The van der Waals surface area contributed by atoms with Crippen LogP contribution in [0, 0.1) is 6.92 Å². The van der Waals surface area contributed by atoms with E-state index >= 15 is 0 Å². The lowest BCUT2D eigenvalue weighted by Gasteiger charge is -2.17. The molecule has 0 bridgehead atoms. The Kier molecular flexibility index (Phi) is 6.74. The number of carbonyl (C=O) groups is 1. The molecule has 0 saturated heterocycles. The number of aryl methyl sites for hydroxylation is 1. The predicted octanol–water partition coefficient (Wildman–Crippen LogP) is 4.59. The molecule has 1 amide bonds. The maximum absolute atomic E-state index is 12.6. The molecule has 0 aliphatic rings. The number of nitrogens with one attached hydrogen (secondary N) is 2. The molecule has 0 spiro atoms. The van der Waals surface area contributed by atoms with Gasteiger partial charge in [-0.05, 0) is 67.4 Å². The normalized spacial score (nSPS) is 12.1. The average molecular weight is 425 g/mol. The zero-order valence-electron chi connectivity index (χ0n) is 16.8. The summed E-state index contributed by atoms with van der Waals surface area (Å²) in [6.45, 7) is 3.82. The van der Waals surface area contributed by atoms with Crippen LogP contribution in [0.5, 0.6) is 5.75 Å². The van der Waals surface area contributed by atoms with E-state index in [9.17, 15) is 13.2 Å². The largest absolute Gasteiger partial charge is 0.481 e. The Hall–Kier alpha value is -3.32. The summed E-state index contributed by atoms with van der Waals surface area (Å²) in [6.07, 6.45) is -0.164. The number of carbonyl (C=O) groups excluding carboxylic acids is 1. The van der Waals surface area contributed by atoms with Gasteiger partial charge < -0.3 is 10.1 Å². The van der Waals surface area contributed by atoms with E-state index in [0.717, 1.165) is 5.56 Å². The first-order chi connectivity index (χ1) is 14.4. The summed E-state index contributed by atoms with van der Waals surface area (Å²) >= 11 is 0. The second-order valence-electron chi connectivity index (χ2n) is 6.82. The molecule has 30 heavy (non-hydrogen) atoms. The zero-order valence-corrected chi connectivity index (χ0v) is 17.6. The molecule has 6 nitrogen and oxygen atoms in total. The van der Waals surface area contributed by atoms with Crippen molar-refractivity contribution in [3.05, 3.63) is 84.4 Å². The van der Waals surface area contributed by atoms with Gasteiger partial charge in [-0.3, -0.25) is 9.52 Å². The zero-order chi connectivity index (χ0) is 21.6. The summed E-state index contributed by atoms with van der Waals surface area (Å²) in [5, 5.41) is 2.78.